The Morgan fingerprint density at radius 3 is 2.80 bits per heavy atom. The van der Waals surface area contributed by atoms with Crippen LogP contribution in [0, 0.1) is 0 Å². The largest absolute Gasteiger partial charge is 0.345 e. The molecule has 134 valence electrons. The quantitative estimate of drug-likeness (QED) is 0.879. The topological polar surface area (TPSA) is 52.2 Å². The molecular formula is C20H28N4O. The van der Waals surface area contributed by atoms with Crippen LogP contribution in [0.25, 0.3) is 0 Å². The number of nitrogens with zero attached hydrogens (tertiary/aromatic N) is 3. The Labute approximate surface area is 150 Å². The molecule has 5 heteroatoms. The summed E-state index contributed by atoms with van der Waals surface area (Å²) in [5, 5.41) is 0. The van der Waals surface area contributed by atoms with E-state index in [0.717, 1.165) is 44.1 Å². The van der Waals surface area contributed by atoms with Crippen LogP contribution in [0.1, 0.15) is 49.8 Å². The number of aryl methyl sites for hydroxylation is 1. The number of piperazine rings is 1. The van der Waals surface area contributed by atoms with E-state index >= 15 is 0 Å². The summed E-state index contributed by atoms with van der Waals surface area (Å²) in [6.45, 7) is 7.24. The first kappa shape index (κ1) is 17.7. The molecule has 3 rings (SSSR count). The van der Waals surface area contributed by atoms with Gasteiger partial charge >= 0.3 is 0 Å². The van der Waals surface area contributed by atoms with Gasteiger partial charge in [-0.2, -0.15) is 0 Å². The van der Waals surface area contributed by atoms with Gasteiger partial charge in [-0.1, -0.05) is 43.7 Å². The number of carbonyl (C=O) groups excluding carboxylic acids is 1. The lowest BCUT2D eigenvalue weighted by Gasteiger charge is -2.41. The molecule has 2 heterocycles. The van der Waals surface area contributed by atoms with Crippen LogP contribution in [0.2, 0.25) is 0 Å². The van der Waals surface area contributed by atoms with E-state index in [1.54, 1.807) is 6.92 Å². The highest BCUT2D eigenvalue weighted by atomic mass is 16.2. The van der Waals surface area contributed by atoms with Crippen molar-refractivity contribution in [1.82, 2.24) is 19.8 Å². The maximum absolute atomic E-state index is 12.0. The van der Waals surface area contributed by atoms with Gasteiger partial charge in [-0.25, -0.2) is 4.98 Å². The molecule has 1 aromatic heterocycles. The second kappa shape index (κ2) is 8.30. The SMILES string of the molecule is CCCCc1ncc(CN2CCN(C(C)=O)[C@@H](c3ccccc3)C2)[nH]1. The Kier molecular flexibility index (Phi) is 5.87. The normalized spacial score (nSPS) is 18.5. The highest BCUT2D eigenvalue weighted by Gasteiger charge is 2.29. The zero-order valence-electron chi connectivity index (χ0n) is 15.2. The van der Waals surface area contributed by atoms with Crippen LogP contribution < -0.4 is 0 Å². The molecule has 0 unspecified atom stereocenters. The standard InChI is InChI=1S/C20H28N4O/c1-3-4-10-20-21-13-18(22-20)14-23-11-12-24(16(2)25)19(15-23)17-8-6-5-7-9-17/h5-9,13,19H,3-4,10-12,14-15H2,1-2H3,(H,21,22)/t19-/m1/s1. The monoisotopic (exact) mass is 340 g/mol. The zero-order valence-corrected chi connectivity index (χ0v) is 15.2. The molecule has 1 fully saturated rings. The van der Waals surface area contributed by atoms with E-state index in [1.165, 1.54) is 18.4 Å². The molecule has 1 aliphatic heterocycles. The van der Waals surface area contributed by atoms with Crippen molar-refractivity contribution in [2.75, 3.05) is 19.6 Å². The fourth-order valence-electron chi connectivity index (χ4n) is 3.52. The van der Waals surface area contributed by atoms with Gasteiger partial charge in [-0.05, 0) is 12.0 Å². The molecule has 1 amide bonds. The summed E-state index contributed by atoms with van der Waals surface area (Å²) in [7, 11) is 0. The second-order valence-electron chi connectivity index (χ2n) is 6.83. The zero-order chi connectivity index (χ0) is 17.6. The minimum absolute atomic E-state index is 0.120. The van der Waals surface area contributed by atoms with Crippen molar-refractivity contribution in [3.8, 4) is 0 Å². The van der Waals surface area contributed by atoms with Gasteiger partial charge in [0.2, 0.25) is 5.91 Å². The van der Waals surface area contributed by atoms with Crippen LogP contribution in [0.3, 0.4) is 0 Å². The van der Waals surface area contributed by atoms with Crippen LogP contribution >= 0.6 is 0 Å². The molecule has 1 aliphatic rings. The summed E-state index contributed by atoms with van der Waals surface area (Å²) >= 11 is 0. The van der Waals surface area contributed by atoms with E-state index in [1.807, 2.05) is 29.3 Å². The van der Waals surface area contributed by atoms with Gasteiger partial charge in [0.05, 0.1) is 6.04 Å². The molecule has 1 saturated heterocycles. The highest BCUT2D eigenvalue weighted by Crippen LogP contribution is 2.26. The Morgan fingerprint density at radius 1 is 1.28 bits per heavy atom. The number of hydrogen-bond donors (Lipinski definition) is 1. The third kappa shape index (κ3) is 4.48. The third-order valence-electron chi connectivity index (χ3n) is 4.90. The van der Waals surface area contributed by atoms with Crippen LogP contribution in [0.4, 0.5) is 0 Å². The minimum atomic E-state index is 0.120. The van der Waals surface area contributed by atoms with Gasteiger partial charge in [-0.3, -0.25) is 9.69 Å². The number of H-pyrrole nitrogens is 1. The third-order valence-corrected chi connectivity index (χ3v) is 4.90. The summed E-state index contributed by atoms with van der Waals surface area (Å²) in [6.07, 6.45) is 5.32. The molecule has 0 spiro atoms. The van der Waals surface area contributed by atoms with Crippen molar-refractivity contribution in [3.05, 3.63) is 53.6 Å². The van der Waals surface area contributed by atoms with E-state index in [0.29, 0.717) is 0 Å². The van der Waals surface area contributed by atoms with Crippen molar-refractivity contribution in [3.63, 3.8) is 0 Å². The number of imidazole rings is 1. The number of rotatable bonds is 6. The minimum Gasteiger partial charge on any atom is -0.345 e. The summed E-state index contributed by atoms with van der Waals surface area (Å²) in [5.41, 5.74) is 2.37. The molecule has 0 saturated carbocycles. The Bertz CT molecular complexity index is 682. The number of aromatic amines is 1. The fraction of sp³-hybridized carbons (Fsp3) is 0.500. The van der Waals surface area contributed by atoms with E-state index < -0.39 is 0 Å². The number of unbranched alkanes of at least 4 members (excludes halogenated alkanes) is 1. The number of carbonyl (C=O) groups is 1. The Hall–Kier alpha value is -2.14. The van der Waals surface area contributed by atoms with E-state index in [4.69, 9.17) is 0 Å². The van der Waals surface area contributed by atoms with Gasteiger partial charge < -0.3 is 9.88 Å². The molecule has 0 bridgehead atoms. The first-order valence-corrected chi connectivity index (χ1v) is 9.24. The molecule has 25 heavy (non-hydrogen) atoms. The molecule has 2 aromatic rings. The number of hydrogen-bond acceptors (Lipinski definition) is 3. The molecule has 5 nitrogen and oxygen atoms in total. The number of benzene rings is 1. The van der Waals surface area contributed by atoms with Crippen LogP contribution in [0.15, 0.2) is 36.5 Å². The maximum Gasteiger partial charge on any atom is 0.220 e. The molecule has 1 atom stereocenters. The molecular weight excluding hydrogens is 312 g/mol. The summed E-state index contributed by atoms with van der Waals surface area (Å²) < 4.78 is 0. The van der Waals surface area contributed by atoms with Crippen molar-refractivity contribution >= 4 is 5.91 Å². The first-order chi connectivity index (χ1) is 12.2. The van der Waals surface area contributed by atoms with Gasteiger partial charge in [0, 0.05) is 51.4 Å². The highest BCUT2D eigenvalue weighted by molar-refractivity contribution is 5.74. The van der Waals surface area contributed by atoms with Gasteiger partial charge in [0.25, 0.3) is 0 Å². The number of amides is 1. The summed E-state index contributed by atoms with van der Waals surface area (Å²) in [5.74, 6) is 1.23. The van der Waals surface area contributed by atoms with Crippen molar-refractivity contribution in [2.24, 2.45) is 0 Å². The lowest BCUT2D eigenvalue weighted by Crippen LogP contribution is -2.49. The molecule has 1 N–H and O–H groups in total. The summed E-state index contributed by atoms with van der Waals surface area (Å²) in [6, 6.07) is 10.5. The average molecular weight is 340 g/mol. The average Bonchev–Trinajstić information content (AvgIpc) is 3.07. The van der Waals surface area contributed by atoms with E-state index in [9.17, 15) is 4.79 Å². The van der Waals surface area contributed by atoms with Gasteiger partial charge in [0.15, 0.2) is 0 Å². The molecule has 0 aliphatic carbocycles. The lowest BCUT2D eigenvalue weighted by molar-refractivity contribution is -0.134. The van der Waals surface area contributed by atoms with Gasteiger partial charge in [-0.15, -0.1) is 0 Å². The van der Waals surface area contributed by atoms with Crippen LogP contribution in [-0.4, -0.2) is 45.3 Å². The number of nitrogens with one attached hydrogen (secondary N) is 1. The predicted octanol–water partition coefficient (Wildman–Crippen LogP) is 3.16. The second-order valence-corrected chi connectivity index (χ2v) is 6.83. The number of aromatic nitrogens is 2. The van der Waals surface area contributed by atoms with Crippen molar-refractivity contribution in [2.45, 2.75) is 45.7 Å². The van der Waals surface area contributed by atoms with Crippen LogP contribution in [0.5, 0.6) is 0 Å². The van der Waals surface area contributed by atoms with Crippen molar-refractivity contribution in [1.29, 1.82) is 0 Å². The van der Waals surface area contributed by atoms with E-state index in [2.05, 4.69) is 33.9 Å². The lowest BCUT2D eigenvalue weighted by atomic mass is 10.0. The van der Waals surface area contributed by atoms with E-state index in [-0.39, 0.29) is 11.9 Å². The Morgan fingerprint density at radius 2 is 2.08 bits per heavy atom. The fourth-order valence-corrected chi connectivity index (χ4v) is 3.52. The van der Waals surface area contributed by atoms with Gasteiger partial charge in [0.1, 0.15) is 5.82 Å². The van der Waals surface area contributed by atoms with Crippen LogP contribution in [-0.2, 0) is 17.8 Å². The Balaban J connectivity index is 1.67. The first-order valence-electron chi connectivity index (χ1n) is 9.24. The predicted molar refractivity (Wildman–Crippen MR) is 99.0 cm³/mol. The molecule has 0 radical (unpaired) electrons. The smallest absolute Gasteiger partial charge is 0.220 e. The summed E-state index contributed by atoms with van der Waals surface area (Å²) in [4.78, 5) is 24.4. The maximum atomic E-state index is 12.0. The molecule has 1 aromatic carbocycles. The van der Waals surface area contributed by atoms with Crippen molar-refractivity contribution < 1.29 is 4.79 Å².